The Morgan fingerprint density at radius 2 is 1.00 bits per heavy atom. The van der Waals surface area contributed by atoms with Gasteiger partial charge in [0.2, 0.25) is 5.60 Å². The van der Waals surface area contributed by atoms with E-state index in [1.165, 1.54) is 27.9 Å². The van der Waals surface area contributed by atoms with Crippen molar-refractivity contribution in [1.82, 2.24) is 0 Å². The van der Waals surface area contributed by atoms with Crippen molar-refractivity contribution in [1.29, 1.82) is 0 Å². The van der Waals surface area contributed by atoms with Gasteiger partial charge in [0.05, 0.1) is 18.2 Å². The van der Waals surface area contributed by atoms with Gasteiger partial charge in [0.15, 0.2) is 17.3 Å². The molecule has 12 nitrogen and oxygen atoms in total. The fourth-order valence-electron chi connectivity index (χ4n) is 6.49. The van der Waals surface area contributed by atoms with Gasteiger partial charge in [-0.2, -0.15) is 0 Å². The first-order chi connectivity index (χ1) is 24.5. The minimum absolute atomic E-state index is 0.0674. The number of aromatic hydroxyl groups is 1. The largest absolute Gasteiger partial charge is 0.505 e. The van der Waals surface area contributed by atoms with E-state index in [-0.39, 0.29) is 56.4 Å². The number of benzene rings is 3. The van der Waals surface area contributed by atoms with Crippen molar-refractivity contribution < 1.29 is 58.2 Å². The number of esters is 3. The minimum atomic E-state index is -2.47. The molecule has 0 spiro atoms. The molecule has 13 heteroatoms. The van der Waals surface area contributed by atoms with E-state index in [4.69, 9.17) is 30.5 Å². The molecule has 53 heavy (non-hydrogen) atoms. The van der Waals surface area contributed by atoms with Crippen molar-refractivity contribution in [3.8, 4) is 23.0 Å². The summed E-state index contributed by atoms with van der Waals surface area (Å²) in [7, 11) is 1.17. The number of rotatable bonds is 8. The molecule has 1 aliphatic rings. The number of carboxylic acids is 1. The molecule has 4 rings (SSSR count). The molecule has 0 saturated carbocycles. The number of carbonyl (C=O) groups excluding carboxylic acids is 4. The molecule has 280 valence electrons. The van der Waals surface area contributed by atoms with E-state index >= 15 is 0 Å². The molecule has 0 heterocycles. The Balaban J connectivity index is 1.70. The molecule has 3 aromatic carbocycles. The molecule has 0 bridgehead atoms. The maximum Gasteiger partial charge on any atom is 0.356 e. The first-order valence-corrected chi connectivity index (χ1v) is 16.8. The Kier molecular flexibility index (Phi) is 11.0. The second kappa shape index (κ2) is 14.5. The molecule has 0 saturated heterocycles. The van der Waals surface area contributed by atoms with Crippen LogP contribution in [0.25, 0.3) is 0 Å². The second-order valence-electron chi connectivity index (χ2n) is 13.2. The average molecular weight is 749 g/mol. The lowest BCUT2D eigenvalue weighted by atomic mass is 9.87. The van der Waals surface area contributed by atoms with E-state index in [1.54, 1.807) is 55.4 Å². The molecule has 3 aromatic rings. The van der Waals surface area contributed by atoms with Gasteiger partial charge in [0.25, 0.3) is 0 Å². The number of methoxy groups -OCH3 is 1. The standard InChI is InChI=1S/C40H41ClO12/c1-15-13-26(42)14-27(50-12)40(15,49)39(48)53-35-25(11)20(6)30(32(43)31(35)41)38(47)52-34-23(9)18(4)29(19(5)24(34)10)37(46)51-33-21(7)16(2)28(36(44)45)17(3)22(33)8/h13-14,43,49H,1-12H3,(H,44,45)/t40-/m1/s1. The zero-order valence-electron chi connectivity index (χ0n) is 31.5. The van der Waals surface area contributed by atoms with Crippen LogP contribution >= 0.6 is 11.6 Å². The Hall–Kier alpha value is -5.46. The lowest BCUT2D eigenvalue weighted by Gasteiger charge is -2.30. The Labute approximate surface area is 311 Å². The van der Waals surface area contributed by atoms with Gasteiger partial charge >= 0.3 is 23.9 Å². The van der Waals surface area contributed by atoms with Crippen LogP contribution in [-0.4, -0.2) is 57.7 Å². The zero-order chi connectivity index (χ0) is 40.2. The summed E-state index contributed by atoms with van der Waals surface area (Å²) in [5.74, 6) is -5.60. The molecule has 0 unspecified atom stereocenters. The van der Waals surface area contributed by atoms with Gasteiger partial charge in [-0.15, -0.1) is 0 Å². The predicted molar refractivity (Wildman–Crippen MR) is 195 cm³/mol. The fourth-order valence-corrected chi connectivity index (χ4v) is 6.76. The third kappa shape index (κ3) is 6.57. The van der Waals surface area contributed by atoms with Gasteiger partial charge in [0, 0.05) is 6.08 Å². The quantitative estimate of drug-likeness (QED) is 0.159. The van der Waals surface area contributed by atoms with E-state index in [9.17, 15) is 39.3 Å². The topological polar surface area (TPSA) is 183 Å². The number of hydrogen-bond acceptors (Lipinski definition) is 11. The first kappa shape index (κ1) is 40.3. The summed E-state index contributed by atoms with van der Waals surface area (Å²) in [5, 5.41) is 31.6. The van der Waals surface area contributed by atoms with Gasteiger partial charge in [-0.1, -0.05) is 11.6 Å². The summed E-state index contributed by atoms with van der Waals surface area (Å²) < 4.78 is 22.4. The molecule has 0 fully saturated rings. The van der Waals surface area contributed by atoms with Crippen LogP contribution in [-0.2, 0) is 14.3 Å². The van der Waals surface area contributed by atoms with Crippen LogP contribution in [0.3, 0.4) is 0 Å². The number of phenols is 1. The van der Waals surface area contributed by atoms with Crippen molar-refractivity contribution in [3.05, 3.63) is 101 Å². The van der Waals surface area contributed by atoms with Crippen molar-refractivity contribution in [2.45, 2.75) is 81.8 Å². The van der Waals surface area contributed by atoms with E-state index in [2.05, 4.69) is 0 Å². The number of carboxylic acid groups (broad SMARTS) is 1. The van der Waals surface area contributed by atoms with Gasteiger partial charge < -0.3 is 34.3 Å². The summed E-state index contributed by atoms with van der Waals surface area (Å²) in [5.41, 5.74) is 1.64. The number of aliphatic hydroxyl groups is 1. The first-order valence-electron chi connectivity index (χ1n) is 16.4. The number of ether oxygens (including phenoxy) is 4. The van der Waals surface area contributed by atoms with Crippen LogP contribution in [0.5, 0.6) is 23.0 Å². The number of hydrogen-bond donors (Lipinski definition) is 3. The maximum absolute atomic E-state index is 13.8. The minimum Gasteiger partial charge on any atom is -0.505 e. The maximum atomic E-state index is 13.8. The number of ketones is 1. The van der Waals surface area contributed by atoms with Gasteiger partial charge in [0.1, 0.15) is 27.8 Å². The van der Waals surface area contributed by atoms with Crippen molar-refractivity contribution in [3.63, 3.8) is 0 Å². The average Bonchev–Trinajstić information content (AvgIpc) is 3.09. The number of aromatic carboxylic acids is 1. The van der Waals surface area contributed by atoms with E-state index in [0.29, 0.717) is 44.5 Å². The van der Waals surface area contributed by atoms with Gasteiger partial charge in [-0.05, 0) is 143 Å². The molecule has 0 radical (unpaired) electrons. The van der Waals surface area contributed by atoms with Crippen LogP contribution in [0.15, 0.2) is 23.5 Å². The molecule has 0 aliphatic heterocycles. The smallest absolute Gasteiger partial charge is 0.356 e. The van der Waals surface area contributed by atoms with Crippen LogP contribution < -0.4 is 14.2 Å². The number of halogens is 1. The normalized spacial score (nSPS) is 15.4. The summed E-state index contributed by atoms with van der Waals surface area (Å²) in [4.78, 5) is 64.7. The SMILES string of the molecule is COC1=CC(=O)C=C(C)[C@]1(O)C(=O)Oc1c(C)c(C)c(C(=O)Oc2c(C)c(C)c(C(=O)Oc3c(C)c(C)c(C(=O)O)c(C)c3C)c(C)c2C)c(O)c1Cl. The van der Waals surface area contributed by atoms with Gasteiger partial charge in [-0.25, -0.2) is 19.2 Å². The number of carbonyl (C=O) groups is 5. The molecule has 1 aliphatic carbocycles. The second-order valence-corrected chi connectivity index (χ2v) is 13.5. The van der Waals surface area contributed by atoms with Crippen molar-refractivity contribution in [2.24, 2.45) is 0 Å². The van der Waals surface area contributed by atoms with Crippen molar-refractivity contribution in [2.75, 3.05) is 7.11 Å². The van der Waals surface area contributed by atoms with Crippen LogP contribution in [0, 0.1) is 69.2 Å². The Bertz CT molecular complexity index is 2150. The molecule has 0 aromatic heterocycles. The summed E-state index contributed by atoms with van der Waals surface area (Å²) >= 11 is 6.47. The van der Waals surface area contributed by atoms with Crippen LogP contribution in [0.1, 0.15) is 93.6 Å². The highest BCUT2D eigenvalue weighted by molar-refractivity contribution is 6.34. The number of allylic oxidation sites excluding steroid dienone is 2. The third-order valence-electron chi connectivity index (χ3n) is 10.3. The van der Waals surface area contributed by atoms with Crippen LogP contribution in [0.2, 0.25) is 5.02 Å². The number of phenolic OH excluding ortho intramolecular Hbond substituents is 1. The Morgan fingerprint density at radius 1 is 0.604 bits per heavy atom. The summed E-state index contributed by atoms with van der Waals surface area (Å²) in [6.07, 6.45) is 1.99. The summed E-state index contributed by atoms with van der Waals surface area (Å²) in [6, 6.07) is 0. The lowest BCUT2D eigenvalue weighted by Crippen LogP contribution is -2.47. The highest BCUT2D eigenvalue weighted by Gasteiger charge is 2.48. The summed E-state index contributed by atoms with van der Waals surface area (Å²) in [6.45, 7) is 17.6. The fraction of sp³-hybridized carbons (Fsp3) is 0.325. The molecule has 1 atom stereocenters. The monoisotopic (exact) mass is 748 g/mol. The van der Waals surface area contributed by atoms with Crippen LogP contribution in [0.4, 0.5) is 0 Å². The highest BCUT2D eigenvalue weighted by Crippen LogP contribution is 2.44. The van der Waals surface area contributed by atoms with Gasteiger partial charge in [-0.3, -0.25) is 4.79 Å². The molecule has 0 amide bonds. The molecular formula is C40H41ClO12. The highest BCUT2D eigenvalue weighted by atomic mass is 35.5. The van der Waals surface area contributed by atoms with E-state index in [1.807, 2.05) is 0 Å². The van der Waals surface area contributed by atoms with E-state index in [0.717, 1.165) is 12.2 Å². The van der Waals surface area contributed by atoms with E-state index < -0.39 is 46.0 Å². The zero-order valence-corrected chi connectivity index (χ0v) is 32.3. The lowest BCUT2D eigenvalue weighted by molar-refractivity contribution is -0.151. The Morgan fingerprint density at radius 3 is 1.43 bits per heavy atom. The molecule has 3 N–H and O–H groups in total. The molecular weight excluding hydrogens is 708 g/mol. The third-order valence-corrected chi connectivity index (χ3v) is 10.7. The van der Waals surface area contributed by atoms with Crippen molar-refractivity contribution >= 4 is 41.3 Å². The predicted octanol–water partition coefficient (Wildman–Crippen LogP) is 6.96.